The molecule has 5 nitrogen and oxygen atoms in total. The molecule has 0 spiro atoms. The van der Waals surface area contributed by atoms with Crippen molar-refractivity contribution in [2.24, 2.45) is 5.92 Å². The molecule has 5 heteroatoms. The fourth-order valence-corrected chi connectivity index (χ4v) is 2.18. The fourth-order valence-electron chi connectivity index (χ4n) is 2.18. The first-order valence-electron chi connectivity index (χ1n) is 7.37. The van der Waals surface area contributed by atoms with Gasteiger partial charge in [0.05, 0.1) is 12.7 Å². The quantitative estimate of drug-likeness (QED) is 0.647. The summed E-state index contributed by atoms with van der Waals surface area (Å²) in [5, 5.41) is 11.8. The first-order valence-corrected chi connectivity index (χ1v) is 7.37. The van der Waals surface area contributed by atoms with E-state index in [1.54, 1.807) is 6.92 Å². The summed E-state index contributed by atoms with van der Waals surface area (Å²) in [4.78, 5) is 23.0. The Morgan fingerprint density at radius 3 is 2.35 bits per heavy atom. The summed E-state index contributed by atoms with van der Waals surface area (Å²) in [6.45, 7) is 9.98. The van der Waals surface area contributed by atoms with E-state index in [0.717, 1.165) is 6.42 Å². The number of amides is 1. The Labute approximate surface area is 122 Å². The number of ether oxygens (including phenoxy) is 1. The van der Waals surface area contributed by atoms with E-state index in [0.29, 0.717) is 25.4 Å². The van der Waals surface area contributed by atoms with Crippen LogP contribution in [-0.2, 0) is 14.3 Å². The largest absolute Gasteiger partial charge is 0.480 e. The maximum absolute atomic E-state index is 11.8. The van der Waals surface area contributed by atoms with Crippen LogP contribution in [0, 0.1) is 5.92 Å². The van der Waals surface area contributed by atoms with Crippen molar-refractivity contribution < 1.29 is 19.4 Å². The van der Waals surface area contributed by atoms with Crippen molar-refractivity contribution in [3.8, 4) is 0 Å². The van der Waals surface area contributed by atoms with Gasteiger partial charge in [-0.1, -0.05) is 27.2 Å². The lowest BCUT2D eigenvalue weighted by Crippen LogP contribution is -2.52. The highest BCUT2D eigenvalue weighted by Crippen LogP contribution is 2.13. The number of carbonyl (C=O) groups excluding carboxylic acids is 1. The lowest BCUT2D eigenvalue weighted by Gasteiger charge is -2.26. The molecule has 0 aromatic heterocycles. The van der Waals surface area contributed by atoms with Gasteiger partial charge in [-0.15, -0.1) is 0 Å². The molecule has 0 bridgehead atoms. The van der Waals surface area contributed by atoms with E-state index in [4.69, 9.17) is 4.74 Å². The first kappa shape index (κ1) is 18.9. The van der Waals surface area contributed by atoms with E-state index in [-0.39, 0.29) is 18.4 Å². The Balaban J connectivity index is 4.12. The Hall–Kier alpha value is -1.10. The van der Waals surface area contributed by atoms with Crippen LogP contribution in [0.1, 0.15) is 60.3 Å². The van der Waals surface area contributed by atoms with Crippen LogP contribution in [0.4, 0.5) is 0 Å². The molecule has 0 fully saturated rings. The molecule has 2 unspecified atom stereocenters. The molecule has 0 aromatic carbocycles. The second-order valence-electron chi connectivity index (χ2n) is 6.00. The summed E-state index contributed by atoms with van der Waals surface area (Å²) in [5.74, 6) is -0.722. The zero-order chi connectivity index (χ0) is 15.8. The van der Waals surface area contributed by atoms with Crippen LogP contribution >= 0.6 is 0 Å². The van der Waals surface area contributed by atoms with E-state index >= 15 is 0 Å². The molecule has 0 heterocycles. The molecular weight excluding hydrogens is 258 g/mol. The molecule has 0 aliphatic carbocycles. The van der Waals surface area contributed by atoms with Crippen LogP contribution in [0.2, 0.25) is 0 Å². The molecule has 0 saturated heterocycles. The van der Waals surface area contributed by atoms with Crippen LogP contribution in [-0.4, -0.2) is 35.2 Å². The number of carbonyl (C=O) groups is 2. The second kappa shape index (κ2) is 8.95. The van der Waals surface area contributed by atoms with Gasteiger partial charge in [0.25, 0.3) is 0 Å². The van der Waals surface area contributed by atoms with Crippen molar-refractivity contribution >= 4 is 11.9 Å². The minimum Gasteiger partial charge on any atom is -0.480 e. The highest BCUT2D eigenvalue weighted by atomic mass is 16.5. The second-order valence-corrected chi connectivity index (χ2v) is 6.00. The molecule has 0 rings (SSSR count). The standard InChI is InChI=1S/C15H29NO4/c1-6-8-15(5,14(18)19)16-13(17)7-9-20-12(4)10-11(2)3/h11-12H,6-10H2,1-5H3,(H,16,17)(H,18,19). The normalized spacial score (nSPS) is 15.7. The average molecular weight is 287 g/mol. The van der Waals surface area contributed by atoms with Crippen LogP contribution < -0.4 is 5.32 Å². The minimum atomic E-state index is -1.19. The molecular formula is C15H29NO4. The van der Waals surface area contributed by atoms with Gasteiger partial charge < -0.3 is 15.2 Å². The summed E-state index contributed by atoms with van der Waals surface area (Å²) >= 11 is 0. The Bertz CT molecular complexity index is 317. The molecule has 1 amide bonds. The van der Waals surface area contributed by atoms with Crippen molar-refractivity contribution in [3.63, 3.8) is 0 Å². The lowest BCUT2D eigenvalue weighted by molar-refractivity contribution is -0.147. The number of carboxylic acids is 1. The summed E-state index contributed by atoms with van der Waals surface area (Å²) in [6, 6.07) is 0. The van der Waals surface area contributed by atoms with Crippen molar-refractivity contribution in [2.45, 2.75) is 71.9 Å². The molecule has 2 atom stereocenters. The van der Waals surface area contributed by atoms with Gasteiger partial charge >= 0.3 is 5.97 Å². The van der Waals surface area contributed by atoms with Crippen molar-refractivity contribution in [2.75, 3.05) is 6.61 Å². The Morgan fingerprint density at radius 2 is 1.90 bits per heavy atom. The fraction of sp³-hybridized carbons (Fsp3) is 0.867. The number of hydrogen-bond acceptors (Lipinski definition) is 3. The molecule has 2 N–H and O–H groups in total. The van der Waals surface area contributed by atoms with Crippen molar-refractivity contribution in [3.05, 3.63) is 0 Å². The third kappa shape index (κ3) is 7.48. The summed E-state index contributed by atoms with van der Waals surface area (Å²) in [6.07, 6.45) is 2.37. The highest BCUT2D eigenvalue weighted by molar-refractivity contribution is 5.86. The monoisotopic (exact) mass is 287 g/mol. The SMILES string of the molecule is CCCC(C)(NC(=O)CCOC(C)CC(C)C)C(=O)O. The topological polar surface area (TPSA) is 75.6 Å². The number of carboxylic acid groups (broad SMARTS) is 1. The van der Waals surface area contributed by atoms with Gasteiger partial charge in [-0.3, -0.25) is 4.79 Å². The van der Waals surface area contributed by atoms with Gasteiger partial charge in [-0.2, -0.15) is 0 Å². The smallest absolute Gasteiger partial charge is 0.329 e. The number of nitrogens with one attached hydrogen (secondary N) is 1. The maximum Gasteiger partial charge on any atom is 0.329 e. The molecule has 118 valence electrons. The molecule has 0 aliphatic rings. The average Bonchev–Trinajstić information content (AvgIpc) is 2.27. The van der Waals surface area contributed by atoms with E-state index in [9.17, 15) is 14.7 Å². The van der Waals surface area contributed by atoms with E-state index in [1.165, 1.54) is 0 Å². The molecule has 0 radical (unpaired) electrons. The maximum atomic E-state index is 11.8. The van der Waals surface area contributed by atoms with E-state index < -0.39 is 11.5 Å². The van der Waals surface area contributed by atoms with Crippen LogP contribution in [0.3, 0.4) is 0 Å². The van der Waals surface area contributed by atoms with Crippen LogP contribution in [0.5, 0.6) is 0 Å². The van der Waals surface area contributed by atoms with E-state index in [2.05, 4.69) is 19.2 Å². The van der Waals surface area contributed by atoms with Gasteiger partial charge in [-0.05, 0) is 32.6 Å². The van der Waals surface area contributed by atoms with Crippen LogP contribution in [0.25, 0.3) is 0 Å². The van der Waals surface area contributed by atoms with Gasteiger partial charge in [0.1, 0.15) is 5.54 Å². The first-order chi connectivity index (χ1) is 9.21. The van der Waals surface area contributed by atoms with Gasteiger partial charge in [-0.25, -0.2) is 4.79 Å². The van der Waals surface area contributed by atoms with Gasteiger partial charge in [0.15, 0.2) is 0 Å². The third-order valence-electron chi connectivity index (χ3n) is 3.17. The van der Waals surface area contributed by atoms with Gasteiger partial charge in [0, 0.05) is 6.42 Å². The Morgan fingerprint density at radius 1 is 1.30 bits per heavy atom. The third-order valence-corrected chi connectivity index (χ3v) is 3.17. The summed E-state index contributed by atoms with van der Waals surface area (Å²) in [7, 11) is 0. The zero-order valence-corrected chi connectivity index (χ0v) is 13.4. The molecule has 20 heavy (non-hydrogen) atoms. The minimum absolute atomic E-state index is 0.115. The predicted molar refractivity (Wildman–Crippen MR) is 78.6 cm³/mol. The number of hydrogen-bond donors (Lipinski definition) is 2. The van der Waals surface area contributed by atoms with Gasteiger partial charge in [0.2, 0.25) is 5.91 Å². The van der Waals surface area contributed by atoms with Crippen molar-refractivity contribution in [1.82, 2.24) is 5.32 Å². The highest BCUT2D eigenvalue weighted by Gasteiger charge is 2.33. The lowest BCUT2D eigenvalue weighted by atomic mass is 9.96. The number of rotatable bonds is 10. The Kier molecular flexibility index (Phi) is 8.46. The van der Waals surface area contributed by atoms with Crippen LogP contribution in [0.15, 0.2) is 0 Å². The van der Waals surface area contributed by atoms with E-state index in [1.807, 2.05) is 13.8 Å². The summed E-state index contributed by atoms with van der Waals surface area (Å²) < 4.78 is 5.55. The molecule has 0 aromatic rings. The molecule has 0 saturated carbocycles. The predicted octanol–water partition coefficient (Wildman–Crippen LogP) is 2.59. The van der Waals surface area contributed by atoms with Crippen molar-refractivity contribution in [1.29, 1.82) is 0 Å². The summed E-state index contributed by atoms with van der Waals surface area (Å²) in [5.41, 5.74) is -1.19. The number of aliphatic carboxylic acids is 1. The zero-order valence-electron chi connectivity index (χ0n) is 13.4. The molecule has 0 aliphatic heterocycles.